The molecule has 1 amide bonds. The van der Waals surface area contributed by atoms with Crippen molar-refractivity contribution < 1.29 is 19.4 Å². The number of carbonyl (C=O) groups excluding carboxylic acids is 1. The Hall–Kier alpha value is -3.24. The van der Waals surface area contributed by atoms with E-state index < -0.39 is 23.7 Å². The van der Waals surface area contributed by atoms with Crippen molar-refractivity contribution in [1.82, 2.24) is 25.9 Å². The molecule has 1 fully saturated rings. The number of fused-ring (bicyclic) bond motifs is 1. The molecule has 1 aliphatic rings. The van der Waals surface area contributed by atoms with Gasteiger partial charge >= 0.3 is 12.1 Å². The summed E-state index contributed by atoms with van der Waals surface area (Å²) >= 11 is 0. The average Bonchev–Trinajstić information content (AvgIpc) is 3.04. The van der Waals surface area contributed by atoms with Gasteiger partial charge in [-0.2, -0.15) is 0 Å². The molecule has 0 saturated carbocycles. The summed E-state index contributed by atoms with van der Waals surface area (Å²) < 4.78 is 5.12. The van der Waals surface area contributed by atoms with Crippen molar-refractivity contribution in [2.45, 2.75) is 70.7 Å². The van der Waals surface area contributed by atoms with Gasteiger partial charge in [0.25, 0.3) is 5.56 Å². The minimum atomic E-state index is -1.30. The summed E-state index contributed by atoms with van der Waals surface area (Å²) in [6.07, 6.45) is 8.06. The number of H-pyrrole nitrogens is 1. The fourth-order valence-corrected chi connectivity index (χ4v) is 3.86. The molecule has 35 heavy (non-hydrogen) atoms. The van der Waals surface area contributed by atoms with Gasteiger partial charge in [0.2, 0.25) is 0 Å². The molecule has 3 rings (SSSR count). The highest BCUT2D eigenvalue weighted by Gasteiger charge is 2.25. The van der Waals surface area contributed by atoms with Crippen LogP contribution in [0.3, 0.4) is 0 Å². The highest BCUT2D eigenvalue weighted by molar-refractivity contribution is 5.81. The molecule has 10 nitrogen and oxygen atoms in total. The summed E-state index contributed by atoms with van der Waals surface area (Å²) in [4.78, 5) is 43.3. The van der Waals surface area contributed by atoms with Crippen LogP contribution in [0.15, 0.2) is 29.1 Å². The van der Waals surface area contributed by atoms with Crippen LogP contribution in [0.4, 0.5) is 4.79 Å². The first-order valence-corrected chi connectivity index (χ1v) is 12.0. The largest absolute Gasteiger partial charge is 0.480 e. The molecule has 2 aromatic rings. The van der Waals surface area contributed by atoms with Gasteiger partial charge in [0.1, 0.15) is 17.5 Å². The standard InChI is InChI=1S/C25H35N5O5/c1-25(2,3)35-24(34)29-19(23(32)33)15-21-28-18-11-10-16(14-17(18)22(31)30-21)8-7-13-27-20-9-5-4-6-12-26-20/h7-8,10-11,14,19-20,26-27H,4-6,9,12-13,15H2,1-3H3,(H,29,34)(H,32,33)(H,28,30,31)/b8-7+/t19-,20?/m0/s1. The van der Waals surface area contributed by atoms with E-state index >= 15 is 0 Å². The van der Waals surface area contributed by atoms with E-state index in [-0.39, 0.29) is 17.8 Å². The number of carboxylic acid groups (broad SMARTS) is 1. The Kier molecular flexibility index (Phi) is 9.00. The zero-order chi connectivity index (χ0) is 25.4. The molecular formula is C25H35N5O5. The van der Waals surface area contributed by atoms with Crippen LogP contribution in [-0.4, -0.2) is 58.0 Å². The summed E-state index contributed by atoms with van der Waals surface area (Å²) in [5.74, 6) is -1.10. The maximum atomic E-state index is 12.7. The second-order valence-electron chi connectivity index (χ2n) is 9.70. The van der Waals surface area contributed by atoms with Crippen LogP contribution in [0.1, 0.15) is 57.8 Å². The Morgan fingerprint density at radius 3 is 2.83 bits per heavy atom. The van der Waals surface area contributed by atoms with Crippen molar-refractivity contribution in [2.24, 2.45) is 0 Å². The Balaban J connectivity index is 1.65. The van der Waals surface area contributed by atoms with E-state index in [0.717, 1.165) is 18.5 Å². The van der Waals surface area contributed by atoms with Crippen LogP contribution >= 0.6 is 0 Å². The number of aromatic amines is 1. The van der Waals surface area contributed by atoms with Gasteiger partial charge in [0.05, 0.1) is 17.1 Å². The Bertz CT molecular complexity index is 1110. The molecule has 2 atom stereocenters. The number of nitrogens with one attached hydrogen (secondary N) is 4. The Morgan fingerprint density at radius 1 is 1.29 bits per heavy atom. The average molecular weight is 486 g/mol. The van der Waals surface area contributed by atoms with E-state index in [9.17, 15) is 19.5 Å². The van der Waals surface area contributed by atoms with E-state index in [0.29, 0.717) is 23.6 Å². The third-order valence-corrected chi connectivity index (χ3v) is 5.52. The van der Waals surface area contributed by atoms with Crippen LogP contribution in [-0.2, 0) is 16.0 Å². The monoisotopic (exact) mass is 485 g/mol. The number of carbonyl (C=O) groups is 2. The van der Waals surface area contributed by atoms with Crippen LogP contribution < -0.4 is 21.5 Å². The number of hydrogen-bond donors (Lipinski definition) is 5. The second kappa shape index (κ2) is 11.9. The van der Waals surface area contributed by atoms with Crippen molar-refractivity contribution in [1.29, 1.82) is 0 Å². The summed E-state index contributed by atoms with van der Waals surface area (Å²) in [5, 5.41) is 19.2. The predicted octanol–water partition coefficient (Wildman–Crippen LogP) is 2.54. The number of aliphatic carboxylic acids is 1. The normalized spacial score (nSPS) is 17.7. The molecule has 0 radical (unpaired) electrons. The Morgan fingerprint density at radius 2 is 2.09 bits per heavy atom. The maximum Gasteiger partial charge on any atom is 0.408 e. The van der Waals surface area contributed by atoms with E-state index in [1.54, 1.807) is 32.9 Å². The highest BCUT2D eigenvalue weighted by Crippen LogP contribution is 2.13. The summed E-state index contributed by atoms with van der Waals surface area (Å²) in [6, 6.07) is 4.03. The molecule has 5 N–H and O–H groups in total. The Labute approximate surface area is 204 Å². The fraction of sp³-hybridized carbons (Fsp3) is 0.520. The van der Waals surface area contributed by atoms with Gasteiger partial charge in [0, 0.05) is 13.0 Å². The first-order valence-electron chi connectivity index (χ1n) is 12.0. The first-order chi connectivity index (χ1) is 16.6. The number of hydrogen-bond acceptors (Lipinski definition) is 7. The number of nitrogens with zero attached hydrogens (tertiary/aromatic N) is 1. The molecule has 0 aliphatic carbocycles. The van der Waals surface area contributed by atoms with Crippen LogP contribution in [0, 0.1) is 0 Å². The lowest BCUT2D eigenvalue weighted by Crippen LogP contribution is -2.45. The summed E-state index contributed by atoms with van der Waals surface area (Å²) in [7, 11) is 0. The predicted molar refractivity (Wildman–Crippen MR) is 134 cm³/mol. The third-order valence-electron chi connectivity index (χ3n) is 5.52. The molecule has 190 valence electrons. The third kappa shape index (κ3) is 8.48. The number of rotatable bonds is 8. The number of amides is 1. The van der Waals surface area contributed by atoms with E-state index in [1.807, 2.05) is 18.2 Å². The minimum Gasteiger partial charge on any atom is -0.480 e. The lowest BCUT2D eigenvalue weighted by molar-refractivity contribution is -0.139. The zero-order valence-electron chi connectivity index (χ0n) is 20.5. The van der Waals surface area contributed by atoms with Gasteiger partial charge in [0.15, 0.2) is 0 Å². The topological polar surface area (TPSA) is 145 Å². The van der Waals surface area contributed by atoms with Gasteiger partial charge in [-0.3, -0.25) is 10.1 Å². The molecule has 10 heteroatoms. The number of alkyl carbamates (subject to hydrolysis) is 1. The maximum absolute atomic E-state index is 12.7. The molecule has 1 unspecified atom stereocenters. The molecule has 0 bridgehead atoms. The van der Waals surface area contributed by atoms with Gasteiger partial charge in [-0.15, -0.1) is 0 Å². The highest BCUT2D eigenvalue weighted by atomic mass is 16.6. The van der Waals surface area contributed by atoms with Gasteiger partial charge in [-0.1, -0.05) is 31.1 Å². The van der Waals surface area contributed by atoms with Crippen molar-refractivity contribution in [3.05, 3.63) is 46.0 Å². The lowest BCUT2D eigenvalue weighted by atomic mass is 10.1. The molecule has 1 aliphatic heterocycles. The fourth-order valence-electron chi connectivity index (χ4n) is 3.86. The first kappa shape index (κ1) is 26.4. The SMILES string of the molecule is CC(C)(C)OC(=O)N[C@@H](Cc1nc2ccc(/C=C/CNC3CCCCCN3)cc2c(=O)[nH]1)C(=O)O. The van der Waals surface area contributed by atoms with Crippen LogP contribution in [0.2, 0.25) is 0 Å². The second-order valence-corrected chi connectivity index (χ2v) is 9.70. The molecule has 0 spiro atoms. The minimum absolute atomic E-state index is 0.161. The van der Waals surface area contributed by atoms with E-state index in [4.69, 9.17) is 4.74 Å². The molecule has 1 aromatic carbocycles. The zero-order valence-corrected chi connectivity index (χ0v) is 20.5. The van der Waals surface area contributed by atoms with Crippen molar-refractivity contribution in [3.8, 4) is 0 Å². The lowest BCUT2D eigenvalue weighted by Gasteiger charge is -2.21. The quantitative estimate of drug-likeness (QED) is 0.383. The van der Waals surface area contributed by atoms with E-state index in [2.05, 4.69) is 25.9 Å². The number of carboxylic acids is 1. The number of ether oxygens (including phenoxy) is 1. The molecule has 2 heterocycles. The molecular weight excluding hydrogens is 450 g/mol. The van der Waals surface area contributed by atoms with Gasteiger partial charge < -0.3 is 25.5 Å². The van der Waals surface area contributed by atoms with Crippen molar-refractivity contribution in [3.63, 3.8) is 0 Å². The van der Waals surface area contributed by atoms with Crippen molar-refractivity contribution >= 4 is 29.0 Å². The van der Waals surface area contributed by atoms with E-state index in [1.165, 1.54) is 19.3 Å². The van der Waals surface area contributed by atoms with Gasteiger partial charge in [-0.25, -0.2) is 14.6 Å². The number of aromatic nitrogens is 2. The van der Waals surface area contributed by atoms with Gasteiger partial charge in [-0.05, 0) is 57.9 Å². The van der Waals surface area contributed by atoms with Crippen LogP contribution in [0.25, 0.3) is 17.0 Å². The summed E-state index contributed by atoms with van der Waals surface area (Å²) in [5.41, 5.74) is 0.172. The number of benzene rings is 1. The summed E-state index contributed by atoms with van der Waals surface area (Å²) in [6.45, 7) is 6.79. The molecule has 1 saturated heterocycles. The smallest absolute Gasteiger partial charge is 0.408 e. The van der Waals surface area contributed by atoms with Crippen molar-refractivity contribution in [2.75, 3.05) is 13.1 Å². The molecule has 1 aromatic heterocycles. The van der Waals surface area contributed by atoms with Crippen LogP contribution in [0.5, 0.6) is 0 Å².